The molecule has 0 atom stereocenters. The van der Waals surface area contributed by atoms with E-state index in [1.54, 1.807) is 60.7 Å². The van der Waals surface area contributed by atoms with Crippen LogP contribution in [0.15, 0.2) is 81.0 Å². The summed E-state index contributed by atoms with van der Waals surface area (Å²) in [7, 11) is 0. The van der Waals surface area contributed by atoms with E-state index in [9.17, 15) is 9.59 Å². The van der Waals surface area contributed by atoms with Gasteiger partial charge in [-0.25, -0.2) is 9.78 Å². The van der Waals surface area contributed by atoms with Gasteiger partial charge in [0.25, 0.3) is 5.56 Å². The summed E-state index contributed by atoms with van der Waals surface area (Å²) in [5, 5.41) is 15.0. The minimum atomic E-state index is -1.12. The summed E-state index contributed by atoms with van der Waals surface area (Å²) in [6.45, 7) is -0.516. The van der Waals surface area contributed by atoms with Crippen molar-refractivity contribution < 1.29 is 19.1 Å². The number of aliphatic carboxylic acids is 1. The van der Waals surface area contributed by atoms with E-state index in [0.29, 0.717) is 32.8 Å². The van der Waals surface area contributed by atoms with E-state index in [-0.39, 0.29) is 22.2 Å². The van der Waals surface area contributed by atoms with Gasteiger partial charge >= 0.3 is 5.97 Å². The van der Waals surface area contributed by atoms with E-state index in [0.717, 1.165) is 10.1 Å². The number of para-hydroxylation sites is 1. The van der Waals surface area contributed by atoms with Crippen LogP contribution in [0.4, 0.5) is 0 Å². The Kier molecular flexibility index (Phi) is 5.98. The standard InChI is InChI=1S/C25H15Cl2N3O5/c26-16-6-8-20-15(10-16)11-22(35-20)24-29-19-4-2-1-3-17(19)25(33)30(24)28-12-14-5-7-21(18(27)9-14)34-13-23(31)32/h1-12H,13H2,(H,31,32). The highest BCUT2D eigenvalue weighted by Crippen LogP contribution is 2.29. The smallest absolute Gasteiger partial charge is 0.341 e. The number of rotatable bonds is 6. The summed E-state index contributed by atoms with van der Waals surface area (Å²) in [4.78, 5) is 28.7. The molecule has 174 valence electrons. The van der Waals surface area contributed by atoms with Crippen molar-refractivity contribution in [2.45, 2.75) is 0 Å². The minimum Gasteiger partial charge on any atom is -0.480 e. The topological polar surface area (TPSA) is 107 Å². The zero-order valence-corrected chi connectivity index (χ0v) is 19.3. The molecule has 0 spiro atoms. The first-order valence-electron chi connectivity index (χ1n) is 10.3. The molecular formula is C25H15Cl2N3O5. The van der Waals surface area contributed by atoms with Crippen molar-refractivity contribution in [1.29, 1.82) is 0 Å². The van der Waals surface area contributed by atoms with Crippen LogP contribution in [0.1, 0.15) is 5.56 Å². The first-order valence-corrected chi connectivity index (χ1v) is 11.0. The van der Waals surface area contributed by atoms with Crippen LogP contribution in [0, 0.1) is 0 Å². The van der Waals surface area contributed by atoms with Crippen molar-refractivity contribution in [2.24, 2.45) is 5.10 Å². The third kappa shape index (κ3) is 4.62. The molecule has 0 bridgehead atoms. The van der Waals surface area contributed by atoms with E-state index >= 15 is 0 Å². The molecule has 0 aliphatic carbocycles. The third-order valence-electron chi connectivity index (χ3n) is 5.08. The monoisotopic (exact) mass is 507 g/mol. The molecule has 35 heavy (non-hydrogen) atoms. The maximum absolute atomic E-state index is 13.3. The van der Waals surface area contributed by atoms with Gasteiger partial charge in [-0.1, -0.05) is 35.3 Å². The quantitative estimate of drug-likeness (QED) is 0.305. The molecule has 1 N–H and O–H groups in total. The Morgan fingerprint density at radius 1 is 1.11 bits per heavy atom. The number of ether oxygens (including phenoxy) is 1. The Morgan fingerprint density at radius 2 is 1.94 bits per heavy atom. The van der Waals surface area contributed by atoms with Crippen LogP contribution in [-0.4, -0.2) is 33.6 Å². The van der Waals surface area contributed by atoms with Gasteiger partial charge in [0.05, 0.1) is 22.1 Å². The van der Waals surface area contributed by atoms with Crippen LogP contribution in [0.25, 0.3) is 33.5 Å². The van der Waals surface area contributed by atoms with Crippen molar-refractivity contribution >= 4 is 57.3 Å². The molecule has 8 nitrogen and oxygen atoms in total. The predicted molar refractivity (Wildman–Crippen MR) is 134 cm³/mol. The Bertz CT molecular complexity index is 1690. The van der Waals surface area contributed by atoms with E-state index in [1.165, 1.54) is 12.3 Å². The zero-order valence-electron chi connectivity index (χ0n) is 17.8. The Labute approximate surface area is 207 Å². The van der Waals surface area contributed by atoms with E-state index in [1.807, 2.05) is 0 Å². The van der Waals surface area contributed by atoms with Gasteiger partial charge in [0.15, 0.2) is 12.4 Å². The predicted octanol–water partition coefficient (Wildman–Crippen LogP) is 5.46. The maximum atomic E-state index is 13.3. The highest BCUT2D eigenvalue weighted by Gasteiger charge is 2.16. The highest BCUT2D eigenvalue weighted by molar-refractivity contribution is 6.32. The number of hydrogen-bond donors (Lipinski definition) is 1. The SMILES string of the molecule is O=C(O)COc1ccc(C=Nn2c(-c3cc4cc(Cl)ccc4o3)nc3ccccc3c2=O)cc1Cl. The molecule has 0 saturated carbocycles. The number of carbonyl (C=O) groups is 1. The number of nitrogens with zero attached hydrogens (tertiary/aromatic N) is 3. The number of carboxylic acids is 1. The van der Waals surface area contributed by atoms with Crippen molar-refractivity contribution in [1.82, 2.24) is 9.66 Å². The molecule has 0 amide bonds. The lowest BCUT2D eigenvalue weighted by molar-refractivity contribution is -0.139. The van der Waals surface area contributed by atoms with Crippen LogP contribution >= 0.6 is 23.2 Å². The van der Waals surface area contributed by atoms with Crippen LogP contribution < -0.4 is 10.3 Å². The molecule has 0 saturated heterocycles. The summed E-state index contributed by atoms with van der Waals surface area (Å²) in [5.41, 5.74) is 1.26. The molecule has 3 aromatic carbocycles. The number of hydrogen-bond acceptors (Lipinski definition) is 6. The van der Waals surface area contributed by atoms with Gasteiger partial charge in [-0.2, -0.15) is 9.78 Å². The molecule has 2 heterocycles. The van der Waals surface area contributed by atoms with Gasteiger partial charge in [-0.15, -0.1) is 0 Å². The first kappa shape index (κ1) is 22.6. The number of aromatic nitrogens is 2. The van der Waals surface area contributed by atoms with E-state index in [2.05, 4.69) is 10.1 Å². The largest absolute Gasteiger partial charge is 0.480 e. The Morgan fingerprint density at radius 3 is 2.74 bits per heavy atom. The van der Waals surface area contributed by atoms with Crippen LogP contribution in [0.5, 0.6) is 5.75 Å². The average Bonchev–Trinajstić information content (AvgIpc) is 3.25. The molecule has 0 unspecified atom stereocenters. The second-order valence-electron chi connectivity index (χ2n) is 7.48. The number of carboxylic acid groups (broad SMARTS) is 1. The lowest BCUT2D eigenvalue weighted by Gasteiger charge is -2.08. The molecule has 0 radical (unpaired) electrons. The molecule has 2 aromatic heterocycles. The molecule has 5 rings (SSSR count). The second kappa shape index (κ2) is 9.25. The normalized spacial score (nSPS) is 11.5. The molecule has 0 fully saturated rings. The van der Waals surface area contributed by atoms with Crippen molar-refractivity contribution in [3.63, 3.8) is 0 Å². The van der Waals surface area contributed by atoms with Gasteiger partial charge < -0.3 is 14.3 Å². The zero-order chi connectivity index (χ0) is 24.5. The van der Waals surface area contributed by atoms with Gasteiger partial charge in [0.1, 0.15) is 11.3 Å². The Hall–Kier alpha value is -4.14. The third-order valence-corrected chi connectivity index (χ3v) is 5.61. The number of furan rings is 1. The van der Waals surface area contributed by atoms with Gasteiger partial charge in [0, 0.05) is 10.4 Å². The number of fused-ring (bicyclic) bond motifs is 2. The highest BCUT2D eigenvalue weighted by atomic mass is 35.5. The van der Waals surface area contributed by atoms with Gasteiger partial charge in [-0.3, -0.25) is 4.79 Å². The van der Waals surface area contributed by atoms with Crippen molar-refractivity contribution in [3.05, 3.63) is 92.7 Å². The Balaban J connectivity index is 1.60. The van der Waals surface area contributed by atoms with Crippen molar-refractivity contribution in [2.75, 3.05) is 6.61 Å². The summed E-state index contributed by atoms with van der Waals surface area (Å²) in [6.07, 6.45) is 1.44. The van der Waals surface area contributed by atoms with Crippen molar-refractivity contribution in [3.8, 4) is 17.3 Å². The lowest BCUT2D eigenvalue weighted by atomic mass is 10.2. The summed E-state index contributed by atoms with van der Waals surface area (Å²) in [6, 6.07) is 18.6. The summed E-state index contributed by atoms with van der Waals surface area (Å²) >= 11 is 12.3. The number of benzene rings is 3. The second-order valence-corrected chi connectivity index (χ2v) is 8.32. The molecule has 0 aliphatic heterocycles. The van der Waals surface area contributed by atoms with Gasteiger partial charge in [0.2, 0.25) is 5.82 Å². The molecule has 0 aliphatic rings. The lowest BCUT2D eigenvalue weighted by Crippen LogP contribution is -2.20. The van der Waals surface area contributed by atoms with E-state index in [4.69, 9.17) is 37.5 Å². The van der Waals surface area contributed by atoms with E-state index < -0.39 is 12.6 Å². The van der Waals surface area contributed by atoms with Crippen LogP contribution in [-0.2, 0) is 4.79 Å². The fraction of sp³-hybridized carbons (Fsp3) is 0.0400. The first-order chi connectivity index (χ1) is 16.9. The summed E-state index contributed by atoms with van der Waals surface area (Å²) in [5.74, 6) is -0.338. The molecular weight excluding hydrogens is 493 g/mol. The average molecular weight is 508 g/mol. The summed E-state index contributed by atoms with van der Waals surface area (Å²) < 4.78 is 12.2. The van der Waals surface area contributed by atoms with Crippen LogP contribution in [0.2, 0.25) is 10.0 Å². The van der Waals surface area contributed by atoms with Crippen LogP contribution in [0.3, 0.4) is 0 Å². The minimum absolute atomic E-state index is 0.202. The maximum Gasteiger partial charge on any atom is 0.341 e. The molecule has 10 heteroatoms. The fourth-order valence-electron chi connectivity index (χ4n) is 3.49. The van der Waals surface area contributed by atoms with Gasteiger partial charge in [-0.05, 0) is 60.2 Å². The number of halogens is 2. The molecule has 5 aromatic rings. The fourth-order valence-corrected chi connectivity index (χ4v) is 3.92.